The average molecular weight is 1020 g/mol. The van der Waals surface area contributed by atoms with E-state index >= 15 is 0 Å². The number of carbonyl (C=O) groups excluding carboxylic acids is 1. The van der Waals surface area contributed by atoms with E-state index in [0.717, 1.165) is 36.1 Å². The first kappa shape index (κ1) is 50.1. The van der Waals surface area contributed by atoms with E-state index in [9.17, 15) is 39.9 Å². The number of ether oxygens (including phenoxy) is 1. The van der Waals surface area contributed by atoms with Gasteiger partial charge in [-0.1, -0.05) is 48.4 Å². The summed E-state index contributed by atoms with van der Waals surface area (Å²) in [5.74, 6) is -0.296. The summed E-state index contributed by atoms with van der Waals surface area (Å²) < 4.78 is 130. The van der Waals surface area contributed by atoms with Crippen LogP contribution in [0, 0.1) is 11.3 Å². The normalized spacial score (nSPS) is 19.7. The summed E-state index contributed by atoms with van der Waals surface area (Å²) in [5.41, 5.74) is 1.01. The molecule has 73 heavy (non-hydrogen) atoms. The number of hydrogen-bond donors (Lipinski definition) is 1. The molecular formula is C53H54F8N8O4. The van der Waals surface area contributed by atoms with Crippen molar-refractivity contribution in [2.45, 2.75) is 95.7 Å². The number of alkyl halides is 8. The fourth-order valence-electron chi connectivity index (χ4n) is 10.1. The molecule has 3 saturated heterocycles. The van der Waals surface area contributed by atoms with Gasteiger partial charge in [0.25, 0.3) is 11.8 Å². The Bertz CT molecular complexity index is 2900. The number of rotatable bonds is 14. The van der Waals surface area contributed by atoms with Crippen molar-refractivity contribution in [3.63, 3.8) is 0 Å². The summed E-state index contributed by atoms with van der Waals surface area (Å²) in [6.07, 6.45) is -8.94. The molecule has 4 aliphatic rings. The first-order chi connectivity index (χ1) is 34.8. The van der Waals surface area contributed by atoms with Crippen molar-refractivity contribution in [2.24, 2.45) is 11.3 Å². The molecule has 4 aromatic carbocycles. The fourth-order valence-corrected chi connectivity index (χ4v) is 10.1. The SMILES string of the molecule is CC1(C)CN(Cc2ccc(-c3nc(-c4ccc(N5CCC(F)CC5)c(C(F)(F)F)c4)no3)cc2)CC1C(=O)OCC1(NCc2ccc(-c3nc(-c4ccc(N5CCC(F)CC5)c(C(F)(F)F)c4)no3)cc2)CC1. The molecule has 0 radical (unpaired) electrons. The van der Waals surface area contributed by atoms with Crippen LogP contribution in [0.1, 0.15) is 74.6 Å². The average Bonchev–Trinajstić information content (AvgIpc) is 3.63. The molecule has 4 fully saturated rings. The van der Waals surface area contributed by atoms with E-state index < -0.39 is 35.8 Å². The number of piperidine rings is 2. The lowest BCUT2D eigenvalue weighted by atomic mass is 9.82. The van der Waals surface area contributed by atoms with Crippen LogP contribution in [0.2, 0.25) is 0 Å². The number of aromatic nitrogens is 4. The summed E-state index contributed by atoms with van der Waals surface area (Å²) in [6, 6.07) is 22.6. The van der Waals surface area contributed by atoms with Crippen molar-refractivity contribution in [3.05, 3.63) is 107 Å². The standard InChI is InChI=1S/C53H54F8N8O4/c1-50(2)30-67(28-33-5-9-35(10-6-33)48-64-46(66-73-48)37-12-14-44(41(26-37)53(59,60)61)69-23-17-39(55)18-24-69)29-42(50)49(70)71-31-51(19-20-51)62-27-32-3-7-34(8-4-32)47-63-45(65-72-47)36-11-13-43(40(25-36)52(56,57)58)68-21-15-38(54)16-22-68/h3-14,25-26,38-39,42,62H,15-24,27-31H2,1-2H3. The lowest BCUT2D eigenvalue weighted by Gasteiger charge is -2.32. The smallest absolute Gasteiger partial charge is 0.418 e. The monoisotopic (exact) mass is 1020 g/mol. The highest BCUT2D eigenvalue weighted by molar-refractivity contribution is 5.74. The summed E-state index contributed by atoms with van der Waals surface area (Å²) in [5, 5.41) is 11.5. The van der Waals surface area contributed by atoms with Gasteiger partial charge in [0.05, 0.1) is 22.6 Å². The minimum absolute atomic E-state index is 0.000522. The Labute approximate surface area is 416 Å². The Morgan fingerprint density at radius 2 is 1.12 bits per heavy atom. The van der Waals surface area contributed by atoms with Gasteiger partial charge in [0.1, 0.15) is 19.0 Å². The lowest BCUT2D eigenvalue weighted by Crippen LogP contribution is -2.39. The van der Waals surface area contributed by atoms with Gasteiger partial charge in [-0.25, -0.2) is 8.78 Å². The summed E-state index contributed by atoms with van der Waals surface area (Å²) in [7, 11) is 0. The van der Waals surface area contributed by atoms with E-state index in [1.807, 2.05) is 36.4 Å². The second kappa shape index (κ2) is 19.8. The number of likely N-dealkylation sites (tertiary alicyclic amines) is 1. The van der Waals surface area contributed by atoms with Crippen molar-refractivity contribution in [2.75, 3.05) is 55.7 Å². The van der Waals surface area contributed by atoms with E-state index in [4.69, 9.17) is 13.8 Å². The number of halogens is 8. The highest BCUT2D eigenvalue weighted by Gasteiger charge is 2.48. The van der Waals surface area contributed by atoms with Gasteiger partial charge in [0.2, 0.25) is 11.6 Å². The third-order valence-corrected chi connectivity index (χ3v) is 14.6. The third-order valence-electron chi connectivity index (χ3n) is 14.6. The van der Waals surface area contributed by atoms with Crippen LogP contribution in [0.5, 0.6) is 0 Å². The van der Waals surface area contributed by atoms with Crippen molar-refractivity contribution in [1.82, 2.24) is 30.5 Å². The highest BCUT2D eigenvalue weighted by atomic mass is 19.4. The topological polar surface area (TPSA) is 126 Å². The minimum atomic E-state index is -4.64. The van der Waals surface area contributed by atoms with Crippen LogP contribution in [0.25, 0.3) is 45.7 Å². The number of anilines is 2. The number of hydrogen-bond acceptors (Lipinski definition) is 12. The predicted molar refractivity (Wildman–Crippen MR) is 255 cm³/mol. The molecule has 5 heterocycles. The van der Waals surface area contributed by atoms with Gasteiger partial charge >= 0.3 is 18.3 Å². The zero-order chi connectivity index (χ0) is 51.3. The van der Waals surface area contributed by atoms with Gasteiger partial charge in [-0.3, -0.25) is 9.69 Å². The van der Waals surface area contributed by atoms with Crippen LogP contribution in [0.3, 0.4) is 0 Å². The largest absolute Gasteiger partial charge is 0.463 e. The second-order valence-electron chi connectivity index (χ2n) is 20.5. The molecule has 1 N–H and O–H groups in total. The minimum Gasteiger partial charge on any atom is -0.463 e. The molecule has 1 saturated carbocycles. The molecule has 1 atom stereocenters. The molecule has 0 bridgehead atoms. The van der Waals surface area contributed by atoms with Crippen molar-refractivity contribution in [3.8, 4) is 45.7 Å². The first-order valence-electron chi connectivity index (χ1n) is 24.5. The van der Waals surface area contributed by atoms with Crippen LogP contribution >= 0.6 is 0 Å². The van der Waals surface area contributed by atoms with Gasteiger partial charge in [-0.05, 0) is 116 Å². The van der Waals surface area contributed by atoms with E-state index in [0.29, 0.717) is 37.3 Å². The maximum absolute atomic E-state index is 14.2. The van der Waals surface area contributed by atoms with Crippen LogP contribution < -0.4 is 15.1 Å². The third kappa shape index (κ3) is 11.2. The van der Waals surface area contributed by atoms with Gasteiger partial charge in [0, 0.05) is 86.0 Å². The molecule has 0 spiro atoms. The first-order valence-corrected chi connectivity index (χ1v) is 24.5. The highest BCUT2D eigenvalue weighted by Crippen LogP contribution is 2.43. The molecule has 10 rings (SSSR count). The Balaban J connectivity index is 0.702. The summed E-state index contributed by atoms with van der Waals surface area (Å²) in [4.78, 5) is 27.8. The van der Waals surface area contributed by atoms with Crippen LogP contribution in [-0.4, -0.2) is 94.9 Å². The van der Waals surface area contributed by atoms with Gasteiger partial charge in [-0.15, -0.1) is 0 Å². The van der Waals surface area contributed by atoms with Crippen molar-refractivity contribution >= 4 is 17.3 Å². The van der Waals surface area contributed by atoms with E-state index in [2.05, 4.69) is 44.3 Å². The maximum Gasteiger partial charge on any atom is 0.418 e. The van der Waals surface area contributed by atoms with Crippen LogP contribution in [0.4, 0.5) is 46.5 Å². The molecule has 3 aliphatic heterocycles. The van der Waals surface area contributed by atoms with Crippen LogP contribution in [0.15, 0.2) is 94.0 Å². The zero-order valence-corrected chi connectivity index (χ0v) is 40.2. The molecule has 386 valence electrons. The van der Waals surface area contributed by atoms with E-state index in [1.165, 1.54) is 24.3 Å². The number of nitrogens with one attached hydrogen (secondary N) is 1. The molecule has 6 aromatic rings. The number of nitrogens with zero attached hydrogens (tertiary/aromatic N) is 7. The van der Waals surface area contributed by atoms with Gasteiger partial charge < -0.3 is 28.9 Å². The van der Waals surface area contributed by atoms with E-state index in [-0.39, 0.29) is 127 Å². The van der Waals surface area contributed by atoms with Gasteiger partial charge in [0.15, 0.2) is 0 Å². The van der Waals surface area contributed by atoms with Crippen LogP contribution in [-0.2, 0) is 35.0 Å². The molecule has 1 aliphatic carbocycles. The second-order valence-corrected chi connectivity index (χ2v) is 20.5. The number of carbonyl (C=O) groups is 1. The Hall–Kier alpha value is -6.41. The van der Waals surface area contributed by atoms with Crippen molar-refractivity contribution in [1.29, 1.82) is 0 Å². The number of esters is 1. The molecule has 1 unspecified atom stereocenters. The Kier molecular flexibility index (Phi) is 13.6. The zero-order valence-electron chi connectivity index (χ0n) is 40.2. The fraction of sp³-hybridized carbons (Fsp3) is 0.453. The van der Waals surface area contributed by atoms with Crippen molar-refractivity contribution < 1.29 is 53.7 Å². The van der Waals surface area contributed by atoms with E-state index in [1.54, 1.807) is 21.9 Å². The molecule has 2 aromatic heterocycles. The number of benzene rings is 4. The molecule has 12 nitrogen and oxygen atoms in total. The predicted octanol–water partition coefficient (Wildman–Crippen LogP) is 11.4. The molecular weight excluding hydrogens is 965 g/mol. The summed E-state index contributed by atoms with van der Waals surface area (Å²) in [6.45, 7) is 7.35. The Morgan fingerprint density at radius 3 is 1.58 bits per heavy atom. The lowest BCUT2D eigenvalue weighted by molar-refractivity contribution is -0.152. The molecule has 20 heteroatoms. The molecule has 0 amide bonds. The summed E-state index contributed by atoms with van der Waals surface area (Å²) >= 11 is 0. The Morgan fingerprint density at radius 1 is 0.671 bits per heavy atom. The van der Waals surface area contributed by atoms with Gasteiger partial charge in [-0.2, -0.15) is 36.3 Å². The maximum atomic E-state index is 14.2. The quantitative estimate of drug-likeness (QED) is 0.0824.